The molecule has 7 heteroatoms. The molecule has 0 radical (unpaired) electrons. The fourth-order valence-electron chi connectivity index (χ4n) is 1.00. The van der Waals surface area contributed by atoms with Crippen LogP contribution in [-0.4, -0.2) is 34.7 Å². The van der Waals surface area contributed by atoms with Crippen LogP contribution in [0, 0.1) is 0 Å². The second-order valence-corrected chi connectivity index (χ2v) is 3.71. The highest BCUT2D eigenvalue weighted by Crippen LogP contribution is 2.10. The Balaban J connectivity index is 0.000000567. The number of hydrogen-bond donors (Lipinski definition) is 2. The van der Waals surface area contributed by atoms with Crippen LogP contribution in [0.3, 0.4) is 0 Å². The Morgan fingerprint density at radius 3 is 2.00 bits per heavy atom. The van der Waals surface area contributed by atoms with E-state index in [-0.39, 0.29) is 23.3 Å². The molecule has 0 aliphatic carbocycles. The van der Waals surface area contributed by atoms with Gasteiger partial charge in [0.15, 0.2) is 0 Å². The number of carboxylic acid groups (broad SMARTS) is 2. The third kappa shape index (κ3) is 6.88. The van der Waals surface area contributed by atoms with Crippen molar-refractivity contribution < 1.29 is 34.4 Å². The van der Waals surface area contributed by atoms with Gasteiger partial charge >= 0.3 is 17.9 Å². The lowest BCUT2D eigenvalue weighted by Gasteiger charge is -2.04. The van der Waals surface area contributed by atoms with Crippen molar-refractivity contribution in [1.29, 1.82) is 0 Å². The minimum Gasteiger partial charge on any atom is -0.478 e. The monoisotopic (exact) mass is 296 g/mol. The Morgan fingerprint density at radius 2 is 1.62 bits per heavy atom. The van der Waals surface area contributed by atoms with Gasteiger partial charge in [-0.1, -0.05) is 18.7 Å². The van der Waals surface area contributed by atoms with Gasteiger partial charge in [-0.3, -0.25) is 4.89 Å². The standard InChI is InChI=1S/C10H10O5.C4H6O2/c1-2-14-15-10(13)8-6-4-3-5-7(8)9(11)12;1-3(2)4(5)6/h3-6H,2H2,1H3,(H,11,12);1H2,2H3,(H,5,6). The molecule has 114 valence electrons. The molecule has 0 heterocycles. The topological polar surface area (TPSA) is 110 Å². The molecule has 2 N–H and O–H groups in total. The van der Waals surface area contributed by atoms with Crippen LogP contribution < -0.4 is 0 Å². The zero-order valence-corrected chi connectivity index (χ0v) is 11.7. The smallest absolute Gasteiger partial charge is 0.373 e. The van der Waals surface area contributed by atoms with Crippen molar-refractivity contribution in [2.24, 2.45) is 0 Å². The molecule has 0 fully saturated rings. The molecule has 1 rings (SSSR count). The third-order valence-electron chi connectivity index (χ3n) is 1.99. The first-order valence-corrected chi connectivity index (χ1v) is 5.86. The lowest BCUT2D eigenvalue weighted by atomic mass is 10.1. The molecule has 0 amide bonds. The average molecular weight is 296 g/mol. The van der Waals surface area contributed by atoms with Crippen LogP contribution in [-0.2, 0) is 14.6 Å². The SMILES string of the molecule is C=C(C)C(=O)O.CCOOC(=O)c1ccccc1C(=O)O. The summed E-state index contributed by atoms with van der Waals surface area (Å²) in [7, 11) is 0. The molecule has 0 bridgehead atoms. The molecule has 0 atom stereocenters. The van der Waals surface area contributed by atoms with Crippen molar-refractivity contribution in [3.63, 3.8) is 0 Å². The zero-order valence-electron chi connectivity index (χ0n) is 11.7. The Bertz CT molecular complexity index is 522. The molecule has 0 aliphatic rings. The maximum Gasteiger partial charge on any atom is 0.373 e. The second kappa shape index (κ2) is 9.27. The summed E-state index contributed by atoms with van der Waals surface area (Å²) >= 11 is 0. The number of carboxylic acids is 2. The van der Waals surface area contributed by atoms with Crippen molar-refractivity contribution in [1.82, 2.24) is 0 Å². The Labute approximate surface area is 121 Å². The summed E-state index contributed by atoms with van der Waals surface area (Å²) in [5.41, 5.74) is 0.0376. The quantitative estimate of drug-likeness (QED) is 0.486. The molecular formula is C14H16O7. The lowest BCUT2D eigenvalue weighted by molar-refractivity contribution is -0.236. The number of carbonyl (C=O) groups is 3. The number of rotatable bonds is 5. The van der Waals surface area contributed by atoms with Gasteiger partial charge in [0.05, 0.1) is 17.7 Å². The number of carbonyl (C=O) groups excluding carboxylic acids is 1. The largest absolute Gasteiger partial charge is 0.478 e. The molecule has 1 aromatic carbocycles. The predicted octanol–water partition coefficient (Wildman–Crippen LogP) is 2.14. The summed E-state index contributed by atoms with van der Waals surface area (Å²) in [6.45, 7) is 6.46. The van der Waals surface area contributed by atoms with E-state index in [0.29, 0.717) is 0 Å². The van der Waals surface area contributed by atoms with Crippen LogP contribution in [0.15, 0.2) is 36.4 Å². The summed E-state index contributed by atoms with van der Waals surface area (Å²) in [5.74, 6) is -2.93. The van der Waals surface area contributed by atoms with Crippen LogP contribution in [0.25, 0.3) is 0 Å². The molecule has 0 aliphatic heterocycles. The van der Waals surface area contributed by atoms with Gasteiger partial charge in [-0.05, 0) is 26.0 Å². The minimum atomic E-state index is -1.18. The maximum atomic E-state index is 11.3. The summed E-state index contributed by atoms with van der Waals surface area (Å²) in [6, 6.07) is 5.77. The molecule has 1 aromatic rings. The van der Waals surface area contributed by atoms with E-state index in [2.05, 4.69) is 16.4 Å². The van der Waals surface area contributed by atoms with E-state index in [9.17, 15) is 14.4 Å². The molecule has 0 saturated carbocycles. The van der Waals surface area contributed by atoms with Crippen molar-refractivity contribution >= 4 is 17.9 Å². The molecule has 0 spiro atoms. The average Bonchev–Trinajstić information content (AvgIpc) is 2.45. The van der Waals surface area contributed by atoms with E-state index in [0.717, 1.165) is 0 Å². The molecule has 0 unspecified atom stereocenters. The van der Waals surface area contributed by atoms with Gasteiger partial charge in [0.2, 0.25) is 0 Å². The van der Waals surface area contributed by atoms with Gasteiger partial charge in [-0.2, -0.15) is 4.89 Å². The summed E-state index contributed by atoms with van der Waals surface area (Å²) in [5, 5.41) is 16.7. The Kier molecular flexibility index (Phi) is 8.09. The molecule has 7 nitrogen and oxygen atoms in total. The maximum absolute atomic E-state index is 11.3. The van der Waals surface area contributed by atoms with E-state index in [1.807, 2.05) is 0 Å². The van der Waals surface area contributed by atoms with E-state index in [1.165, 1.54) is 25.1 Å². The highest BCUT2D eigenvalue weighted by molar-refractivity contribution is 6.02. The van der Waals surface area contributed by atoms with Crippen molar-refractivity contribution in [2.75, 3.05) is 6.61 Å². The van der Waals surface area contributed by atoms with Gasteiger partial charge in [0.25, 0.3) is 0 Å². The normalized spacial score (nSPS) is 9.05. The summed E-state index contributed by atoms with van der Waals surface area (Å²) in [6.07, 6.45) is 0. The fraction of sp³-hybridized carbons (Fsp3) is 0.214. The first-order valence-electron chi connectivity index (χ1n) is 5.86. The van der Waals surface area contributed by atoms with Crippen LogP contribution in [0.4, 0.5) is 0 Å². The van der Waals surface area contributed by atoms with Gasteiger partial charge in [0.1, 0.15) is 0 Å². The summed E-state index contributed by atoms with van der Waals surface area (Å²) in [4.78, 5) is 40.5. The van der Waals surface area contributed by atoms with E-state index >= 15 is 0 Å². The molecule has 0 saturated heterocycles. The fourth-order valence-corrected chi connectivity index (χ4v) is 1.00. The van der Waals surface area contributed by atoms with Gasteiger partial charge in [0, 0.05) is 5.57 Å². The highest BCUT2D eigenvalue weighted by Gasteiger charge is 2.17. The Morgan fingerprint density at radius 1 is 1.14 bits per heavy atom. The zero-order chi connectivity index (χ0) is 16.4. The first-order chi connectivity index (χ1) is 9.81. The highest BCUT2D eigenvalue weighted by atomic mass is 17.2. The van der Waals surface area contributed by atoms with E-state index in [4.69, 9.17) is 10.2 Å². The number of benzene rings is 1. The predicted molar refractivity (Wildman–Crippen MR) is 72.9 cm³/mol. The second-order valence-electron chi connectivity index (χ2n) is 3.71. The van der Waals surface area contributed by atoms with E-state index in [1.54, 1.807) is 13.0 Å². The van der Waals surface area contributed by atoms with Gasteiger partial charge in [-0.25, -0.2) is 14.4 Å². The first kappa shape index (κ1) is 18.3. The van der Waals surface area contributed by atoms with Crippen LogP contribution >= 0.6 is 0 Å². The lowest BCUT2D eigenvalue weighted by Crippen LogP contribution is -2.11. The van der Waals surface area contributed by atoms with Crippen molar-refractivity contribution in [3.05, 3.63) is 47.5 Å². The van der Waals surface area contributed by atoms with Crippen LogP contribution in [0.5, 0.6) is 0 Å². The van der Waals surface area contributed by atoms with Gasteiger partial charge < -0.3 is 10.2 Å². The van der Waals surface area contributed by atoms with E-state index < -0.39 is 17.9 Å². The molecule has 0 aromatic heterocycles. The van der Waals surface area contributed by atoms with Crippen LogP contribution in [0.1, 0.15) is 34.6 Å². The third-order valence-corrected chi connectivity index (χ3v) is 1.99. The molecule has 21 heavy (non-hydrogen) atoms. The summed E-state index contributed by atoms with van der Waals surface area (Å²) < 4.78 is 0. The van der Waals surface area contributed by atoms with Crippen LogP contribution in [0.2, 0.25) is 0 Å². The minimum absolute atomic E-state index is 0.0292. The number of hydrogen-bond acceptors (Lipinski definition) is 5. The number of aliphatic carboxylic acids is 1. The van der Waals surface area contributed by atoms with Crippen molar-refractivity contribution in [2.45, 2.75) is 13.8 Å². The Hall–Kier alpha value is -2.67. The number of aromatic carboxylic acids is 1. The van der Waals surface area contributed by atoms with Crippen molar-refractivity contribution in [3.8, 4) is 0 Å². The van der Waals surface area contributed by atoms with Gasteiger partial charge in [-0.15, -0.1) is 0 Å². The molecular weight excluding hydrogens is 280 g/mol.